The maximum atomic E-state index is 5.73. The van der Waals surface area contributed by atoms with Gasteiger partial charge in [0.2, 0.25) is 0 Å². The largest absolute Gasteiger partial charge is 0.374 e. The number of nitrogens with two attached hydrogens (primary N) is 1. The number of ether oxygens (including phenoxy) is 1. The first-order valence-corrected chi connectivity index (χ1v) is 5.96. The first kappa shape index (κ1) is 12.6. The molecule has 0 saturated heterocycles. The Morgan fingerprint density at radius 3 is 2.60 bits per heavy atom. The highest BCUT2D eigenvalue weighted by molar-refractivity contribution is 7.10. The number of hydrogen-bond donors (Lipinski definition) is 2. The zero-order valence-corrected chi connectivity index (χ0v) is 10.6. The average molecular weight is 228 g/mol. The standard InChI is InChI=1S/C11H20N2OS/c1-8-5-6-15-10(8)9(13-12)7-14-11(2,3)4/h5-6,9,13H,7,12H2,1-4H3. The van der Waals surface area contributed by atoms with Gasteiger partial charge in [0.05, 0.1) is 18.2 Å². The minimum Gasteiger partial charge on any atom is -0.374 e. The van der Waals surface area contributed by atoms with Gasteiger partial charge in [0, 0.05) is 4.88 Å². The molecule has 1 heterocycles. The molecule has 1 aromatic heterocycles. The molecule has 0 radical (unpaired) electrons. The lowest BCUT2D eigenvalue weighted by Gasteiger charge is -2.24. The van der Waals surface area contributed by atoms with Crippen LogP contribution in [-0.2, 0) is 4.74 Å². The first-order valence-electron chi connectivity index (χ1n) is 5.08. The van der Waals surface area contributed by atoms with Crippen molar-refractivity contribution in [1.29, 1.82) is 0 Å². The maximum Gasteiger partial charge on any atom is 0.0789 e. The maximum absolute atomic E-state index is 5.73. The summed E-state index contributed by atoms with van der Waals surface area (Å²) in [4.78, 5) is 1.25. The van der Waals surface area contributed by atoms with Crippen LogP contribution in [0.25, 0.3) is 0 Å². The highest BCUT2D eigenvalue weighted by atomic mass is 32.1. The van der Waals surface area contributed by atoms with Crippen molar-refractivity contribution in [2.75, 3.05) is 6.61 Å². The lowest BCUT2D eigenvalue weighted by molar-refractivity contribution is -0.0144. The van der Waals surface area contributed by atoms with Crippen LogP contribution in [0.2, 0.25) is 0 Å². The van der Waals surface area contributed by atoms with Crippen molar-refractivity contribution in [2.24, 2.45) is 5.84 Å². The molecule has 0 aromatic carbocycles. The Bertz CT molecular complexity index is 304. The highest BCUT2D eigenvalue weighted by Gasteiger charge is 2.18. The quantitative estimate of drug-likeness (QED) is 0.614. The number of thiophene rings is 1. The molecule has 1 unspecified atom stereocenters. The second-order valence-electron chi connectivity index (χ2n) is 4.61. The monoisotopic (exact) mass is 228 g/mol. The summed E-state index contributed by atoms with van der Waals surface area (Å²) in [7, 11) is 0. The molecule has 15 heavy (non-hydrogen) atoms. The van der Waals surface area contributed by atoms with Gasteiger partial charge in [0.25, 0.3) is 0 Å². The summed E-state index contributed by atoms with van der Waals surface area (Å²) in [5.41, 5.74) is 3.94. The van der Waals surface area contributed by atoms with Crippen molar-refractivity contribution in [3.63, 3.8) is 0 Å². The molecule has 0 bridgehead atoms. The third-order valence-corrected chi connectivity index (χ3v) is 3.23. The third-order valence-electron chi connectivity index (χ3n) is 2.10. The predicted molar refractivity (Wildman–Crippen MR) is 64.8 cm³/mol. The van der Waals surface area contributed by atoms with Gasteiger partial charge in [-0.3, -0.25) is 5.84 Å². The summed E-state index contributed by atoms with van der Waals surface area (Å²) in [5.74, 6) is 5.54. The van der Waals surface area contributed by atoms with Crippen molar-refractivity contribution in [3.8, 4) is 0 Å². The van der Waals surface area contributed by atoms with Crippen LogP contribution in [0.3, 0.4) is 0 Å². The number of rotatable bonds is 4. The molecule has 0 aliphatic carbocycles. The zero-order chi connectivity index (χ0) is 11.5. The molecule has 3 nitrogen and oxygen atoms in total. The fraction of sp³-hybridized carbons (Fsp3) is 0.636. The van der Waals surface area contributed by atoms with E-state index in [2.05, 4.69) is 23.8 Å². The van der Waals surface area contributed by atoms with E-state index in [1.807, 2.05) is 20.8 Å². The lowest BCUT2D eigenvalue weighted by atomic mass is 10.1. The van der Waals surface area contributed by atoms with Gasteiger partial charge in [-0.1, -0.05) is 0 Å². The van der Waals surface area contributed by atoms with Crippen molar-refractivity contribution in [2.45, 2.75) is 39.3 Å². The molecule has 0 saturated carbocycles. The van der Waals surface area contributed by atoms with Crippen LogP contribution in [0.15, 0.2) is 11.4 Å². The van der Waals surface area contributed by atoms with E-state index in [0.717, 1.165) is 0 Å². The van der Waals surface area contributed by atoms with Crippen molar-refractivity contribution in [3.05, 3.63) is 21.9 Å². The predicted octanol–water partition coefficient (Wildman–Crippen LogP) is 2.38. The molecule has 4 heteroatoms. The van der Waals surface area contributed by atoms with Gasteiger partial charge in [-0.15, -0.1) is 11.3 Å². The van der Waals surface area contributed by atoms with Crippen molar-refractivity contribution in [1.82, 2.24) is 5.43 Å². The molecule has 1 rings (SSSR count). The van der Waals surface area contributed by atoms with E-state index in [-0.39, 0.29) is 11.6 Å². The van der Waals surface area contributed by atoms with Gasteiger partial charge in [-0.2, -0.15) is 0 Å². The Labute approximate surface area is 95.6 Å². The summed E-state index contributed by atoms with van der Waals surface area (Å²) >= 11 is 1.71. The van der Waals surface area contributed by atoms with Gasteiger partial charge in [0.1, 0.15) is 0 Å². The Kier molecular flexibility index (Phi) is 4.28. The van der Waals surface area contributed by atoms with Crippen LogP contribution in [0, 0.1) is 6.92 Å². The first-order chi connectivity index (χ1) is 6.94. The van der Waals surface area contributed by atoms with Gasteiger partial charge < -0.3 is 4.74 Å². The topological polar surface area (TPSA) is 47.3 Å². The number of aryl methyl sites for hydroxylation is 1. The van der Waals surface area contributed by atoms with E-state index < -0.39 is 0 Å². The van der Waals surface area contributed by atoms with E-state index in [9.17, 15) is 0 Å². The Hall–Kier alpha value is -0.420. The highest BCUT2D eigenvalue weighted by Crippen LogP contribution is 2.24. The zero-order valence-electron chi connectivity index (χ0n) is 9.83. The molecule has 0 spiro atoms. The number of hydrazine groups is 1. The van der Waals surface area contributed by atoms with Gasteiger partial charge >= 0.3 is 0 Å². The normalized spacial score (nSPS) is 14.2. The molecule has 1 aromatic rings. The minimum atomic E-state index is -0.125. The minimum absolute atomic E-state index is 0.0872. The van der Waals surface area contributed by atoms with E-state index in [1.165, 1.54) is 10.4 Å². The molecule has 0 amide bonds. The van der Waals surface area contributed by atoms with E-state index in [0.29, 0.717) is 6.61 Å². The molecule has 86 valence electrons. The SMILES string of the molecule is Cc1ccsc1C(COC(C)(C)C)NN. The van der Waals surface area contributed by atoms with Crippen LogP contribution in [0.1, 0.15) is 37.3 Å². The summed E-state index contributed by atoms with van der Waals surface area (Å²) in [6.07, 6.45) is 0. The summed E-state index contributed by atoms with van der Waals surface area (Å²) < 4.78 is 5.73. The van der Waals surface area contributed by atoms with Gasteiger partial charge in [0.15, 0.2) is 0 Å². The molecule has 1 atom stereocenters. The molecule has 0 aliphatic heterocycles. The smallest absolute Gasteiger partial charge is 0.0789 e. The molecule has 3 N–H and O–H groups in total. The molecular formula is C11H20N2OS. The lowest BCUT2D eigenvalue weighted by Crippen LogP contribution is -2.34. The number of nitrogens with one attached hydrogen (secondary N) is 1. The molecular weight excluding hydrogens is 208 g/mol. The van der Waals surface area contributed by atoms with Crippen LogP contribution in [-0.4, -0.2) is 12.2 Å². The van der Waals surface area contributed by atoms with Crippen LogP contribution >= 0.6 is 11.3 Å². The Morgan fingerprint density at radius 2 is 2.20 bits per heavy atom. The van der Waals surface area contributed by atoms with E-state index in [4.69, 9.17) is 10.6 Å². The fourth-order valence-electron chi connectivity index (χ4n) is 1.27. The summed E-state index contributed by atoms with van der Waals surface area (Å²) in [6, 6.07) is 2.19. The van der Waals surface area contributed by atoms with Gasteiger partial charge in [-0.25, -0.2) is 5.43 Å². The molecule has 0 fully saturated rings. The summed E-state index contributed by atoms with van der Waals surface area (Å²) in [6.45, 7) is 8.82. The Morgan fingerprint density at radius 1 is 1.53 bits per heavy atom. The van der Waals surface area contributed by atoms with E-state index in [1.54, 1.807) is 11.3 Å². The molecule has 0 aliphatic rings. The van der Waals surface area contributed by atoms with Gasteiger partial charge in [-0.05, 0) is 44.7 Å². The summed E-state index contributed by atoms with van der Waals surface area (Å²) in [5, 5.41) is 2.08. The average Bonchev–Trinajstić information content (AvgIpc) is 2.52. The van der Waals surface area contributed by atoms with Crippen LogP contribution in [0.5, 0.6) is 0 Å². The van der Waals surface area contributed by atoms with Crippen LogP contribution < -0.4 is 11.3 Å². The van der Waals surface area contributed by atoms with Crippen molar-refractivity contribution >= 4 is 11.3 Å². The third kappa shape index (κ3) is 3.91. The van der Waals surface area contributed by atoms with Crippen LogP contribution in [0.4, 0.5) is 0 Å². The number of hydrogen-bond acceptors (Lipinski definition) is 4. The second kappa shape index (κ2) is 5.07. The Balaban J connectivity index is 2.61. The fourth-order valence-corrected chi connectivity index (χ4v) is 2.25. The van der Waals surface area contributed by atoms with Crippen molar-refractivity contribution < 1.29 is 4.74 Å². The van der Waals surface area contributed by atoms with E-state index >= 15 is 0 Å². The second-order valence-corrected chi connectivity index (χ2v) is 5.56.